The van der Waals surface area contributed by atoms with Crippen molar-refractivity contribution in [2.75, 3.05) is 5.32 Å². The van der Waals surface area contributed by atoms with Gasteiger partial charge in [0.25, 0.3) is 5.69 Å². The molecule has 0 saturated carbocycles. The summed E-state index contributed by atoms with van der Waals surface area (Å²) in [7, 11) is 0. The van der Waals surface area contributed by atoms with E-state index in [-0.39, 0.29) is 10.7 Å². The minimum atomic E-state index is -0.619. The molecule has 0 fully saturated rings. The summed E-state index contributed by atoms with van der Waals surface area (Å²) in [6.07, 6.45) is 0.809. The number of halogens is 1. The maximum atomic E-state index is 11.7. The van der Waals surface area contributed by atoms with Crippen LogP contribution in [0.2, 0.25) is 5.02 Å². The number of anilines is 1. The van der Waals surface area contributed by atoms with Crippen LogP contribution < -0.4 is 10.7 Å². The van der Waals surface area contributed by atoms with Crippen LogP contribution in [0.1, 0.15) is 12.0 Å². The lowest BCUT2D eigenvalue weighted by Gasteiger charge is -2.03. The average molecular weight is 361 g/mol. The summed E-state index contributed by atoms with van der Waals surface area (Å²) in [4.78, 5) is 33.5. The Hall–Kier alpha value is -3.26. The van der Waals surface area contributed by atoms with Crippen LogP contribution in [-0.4, -0.2) is 23.0 Å². The normalized spacial score (nSPS) is 10.4. The predicted molar refractivity (Wildman–Crippen MR) is 93.5 cm³/mol. The number of carbonyl (C=O) groups excluding carboxylic acids is 2. The Kier molecular flexibility index (Phi) is 6.19. The highest BCUT2D eigenvalue weighted by Gasteiger charge is 2.12. The molecule has 9 heteroatoms. The molecule has 8 nitrogen and oxygen atoms in total. The van der Waals surface area contributed by atoms with E-state index in [4.69, 9.17) is 11.6 Å². The Morgan fingerprint density at radius 1 is 1.16 bits per heavy atom. The lowest BCUT2D eigenvalue weighted by molar-refractivity contribution is -0.384. The molecule has 0 atom stereocenters. The molecule has 2 aromatic rings. The van der Waals surface area contributed by atoms with Crippen molar-refractivity contribution in [2.24, 2.45) is 5.10 Å². The first-order chi connectivity index (χ1) is 12.0. The van der Waals surface area contributed by atoms with Gasteiger partial charge in [0.05, 0.1) is 11.1 Å². The first-order valence-corrected chi connectivity index (χ1v) is 7.44. The Labute approximate surface area is 147 Å². The van der Waals surface area contributed by atoms with E-state index >= 15 is 0 Å². The van der Waals surface area contributed by atoms with Gasteiger partial charge in [-0.1, -0.05) is 35.9 Å². The minimum absolute atomic E-state index is 0.00349. The van der Waals surface area contributed by atoms with Crippen molar-refractivity contribution in [1.82, 2.24) is 5.43 Å². The SMILES string of the molecule is O=C(CC(=O)Nc1ccccc1)NN=Cc1ccc(Cl)c([N+](=O)[O-])c1. The second-order valence-corrected chi connectivity index (χ2v) is 5.26. The Bertz CT molecular complexity index is 824. The molecule has 0 aliphatic heterocycles. The van der Waals surface area contributed by atoms with Gasteiger partial charge in [0, 0.05) is 17.3 Å². The molecule has 0 aromatic heterocycles. The third-order valence-electron chi connectivity index (χ3n) is 2.95. The highest BCUT2D eigenvalue weighted by atomic mass is 35.5. The van der Waals surface area contributed by atoms with Crippen molar-refractivity contribution in [2.45, 2.75) is 6.42 Å². The summed E-state index contributed by atoms with van der Waals surface area (Å²) in [6, 6.07) is 12.8. The zero-order valence-corrected chi connectivity index (χ0v) is 13.6. The van der Waals surface area contributed by atoms with E-state index in [1.54, 1.807) is 30.3 Å². The van der Waals surface area contributed by atoms with Crippen molar-refractivity contribution in [3.63, 3.8) is 0 Å². The van der Waals surface area contributed by atoms with E-state index in [0.717, 1.165) is 0 Å². The van der Waals surface area contributed by atoms with Crippen molar-refractivity contribution in [3.8, 4) is 0 Å². The third kappa shape index (κ3) is 5.70. The van der Waals surface area contributed by atoms with Gasteiger partial charge in [0.15, 0.2) is 0 Å². The number of nitrogens with one attached hydrogen (secondary N) is 2. The van der Waals surface area contributed by atoms with Gasteiger partial charge in [-0.05, 0) is 18.2 Å². The van der Waals surface area contributed by atoms with Crippen LogP contribution in [0.3, 0.4) is 0 Å². The zero-order chi connectivity index (χ0) is 18.2. The van der Waals surface area contributed by atoms with Gasteiger partial charge in [-0.15, -0.1) is 0 Å². The van der Waals surface area contributed by atoms with Crippen molar-refractivity contribution in [3.05, 3.63) is 69.2 Å². The second-order valence-electron chi connectivity index (χ2n) is 4.85. The number of carbonyl (C=O) groups is 2. The lowest BCUT2D eigenvalue weighted by atomic mass is 10.2. The molecule has 25 heavy (non-hydrogen) atoms. The summed E-state index contributed by atoms with van der Waals surface area (Å²) in [5.74, 6) is -1.10. The maximum absolute atomic E-state index is 11.7. The van der Waals surface area contributed by atoms with E-state index in [2.05, 4.69) is 15.8 Å². The largest absolute Gasteiger partial charge is 0.326 e. The van der Waals surface area contributed by atoms with E-state index in [9.17, 15) is 19.7 Å². The quantitative estimate of drug-likeness (QED) is 0.357. The lowest BCUT2D eigenvalue weighted by Crippen LogP contribution is -2.24. The van der Waals surface area contributed by atoms with Crippen LogP contribution in [0.4, 0.5) is 11.4 Å². The third-order valence-corrected chi connectivity index (χ3v) is 3.27. The summed E-state index contributed by atoms with van der Waals surface area (Å²) in [6.45, 7) is 0. The van der Waals surface area contributed by atoms with Gasteiger partial charge >= 0.3 is 0 Å². The molecule has 0 radical (unpaired) electrons. The van der Waals surface area contributed by atoms with E-state index < -0.39 is 23.2 Å². The van der Waals surface area contributed by atoms with Crippen LogP contribution >= 0.6 is 11.6 Å². The molecular formula is C16H13ClN4O4. The van der Waals surface area contributed by atoms with Crippen LogP contribution in [0.15, 0.2) is 53.6 Å². The molecule has 128 valence electrons. The van der Waals surface area contributed by atoms with Gasteiger partial charge in [0.1, 0.15) is 11.4 Å². The zero-order valence-electron chi connectivity index (χ0n) is 12.8. The molecule has 0 aliphatic carbocycles. The number of hydrogen-bond donors (Lipinski definition) is 2. The first kappa shape index (κ1) is 18.1. The highest BCUT2D eigenvalue weighted by Crippen LogP contribution is 2.24. The van der Waals surface area contributed by atoms with Gasteiger partial charge in [-0.2, -0.15) is 5.10 Å². The highest BCUT2D eigenvalue weighted by molar-refractivity contribution is 6.32. The number of nitro groups is 1. The minimum Gasteiger partial charge on any atom is -0.326 e. The fourth-order valence-electron chi connectivity index (χ4n) is 1.84. The Balaban J connectivity index is 1.87. The van der Waals surface area contributed by atoms with Crippen molar-refractivity contribution < 1.29 is 14.5 Å². The van der Waals surface area contributed by atoms with Crippen LogP contribution in [0, 0.1) is 10.1 Å². The summed E-state index contributed by atoms with van der Waals surface area (Å²) >= 11 is 5.70. The summed E-state index contributed by atoms with van der Waals surface area (Å²) < 4.78 is 0. The summed E-state index contributed by atoms with van der Waals surface area (Å²) in [5.41, 5.74) is 2.87. The molecule has 0 bridgehead atoms. The maximum Gasteiger partial charge on any atom is 0.288 e. The topological polar surface area (TPSA) is 114 Å². The average Bonchev–Trinajstić information content (AvgIpc) is 2.56. The molecule has 0 saturated heterocycles. The van der Waals surface area contributed by atoms with Crippen molar-refractivity contribution >= 4 is 41.0 Å². The molecule has 2 rings (SSSR count). The van der Waals surface area contributed by atoms with Gasteiger partial charge in [-0.25, -0.2) is 5.43 Å². The van der Waals surface area contributed by atoms with Gasteiger partial charge in [-0.3, -0.25) is 19.7 Å². The van der Waals surface area contributed by atoms with Crippen LogP contribution in [0.5, 0.6) is 0 Å². The van der Waals surface area contributed by atoms with E-state index in [0.29, 0.717) is 11.3 Å². The number of amides is 2. The first-order valence-electron chi connectivity index (χ1n) is 7.06. The Morgan fingerprint density at radius 3 is 2.56 bits per heavy atom. The molecule has 0 spiro atoms. The molecule has 0 unspecified atom stereocenters. The predicted octanol–water partition coefficient (Wildman–Crippen LogP) is 2.73. The van der Waals surface area contributed by atoms with Crippen LogP contribution in [-0.2, 0) is 9.59 Å². The summed E-state index contributed by atoms with van der Waals surface area (Å²) in [5, 5.41) is 17.0. The van der Waals surface area contributed by atoms with Gasteiger partial charge < -0.3 is 5.32 Å². The monoisotopic (exact) mass is 360 g/mol. The molecule has 0 aliphatic rings. The number of para-hydroxylation sites is 1. The Morgan fingerprint density at radius 2 is 1.88 bits per heavy atom. The number of nitro benzene ring substituents is 1. The molecular weight excluding hydrogens is 348 g/mol. The standard InChI is InChI=1S/C16H13ClN4O4/c17-13-7-6-11(8-14(13)21(24)25)10-18-20-16(23)9-15(22)19-12-4-2-1-3-5-12/h1-8,10H,9H2,(H,19,22)(H,20,23). The molecule has 2 aromatic carbocycles. The number of hydrazone groups is 1. The van der Waals surface area contributed by atoms with E-state index in [1.807, 2.05) is 0 Å². The molecule has 2 N–H and O–H groups in total. The fourth-order valence-corrected chi connectivity index (χ4v) is 2.03. The molecule has 0 heterocycles. The second kappa shape index (κ2) is 8.55. The number of hydrogen-bond acceptors (Lipinski definition) is 5. The van der Waals surface area contributed by atoms with E-state index in [1.165, 1.54) is 24.4 Å². The number of nitrogens with zero attached hydrogens (tertiary/aromatic N) is 2. The smallest absolute Gasteiger partial charge is 0.288 e. The van der Waals surface area contributed by atoms with Gasteiger partial charge in [0.2, 0.25) is 11.8 Å². The van der Waals surface area contributed by atoms with Crippen molar-refractivity contribution in [1.29, 1.82) is 0 Å². The van der Waals surface area contributed by atoms with Crippen LogP contribution in [0.25, 0.3) is 0 Å². The molecule has 2 amide bonds. The number of rotatable bonds is 6. The fraction of sp³-hybridized carbons (Fsp3) is 0.0625. The number of benzene rings is 2.